The van der Waals surface area contributed by atoms with Gasteiger partial charge in [0, 0.05) is 37.5 Å². The van der Waals surface area contributed by atoms with Crippen molar-refractivity contribution in [3.05, 3.63) is 44.8 Å². The molecule has 2 N–H and O–H groups in total. The molecule has 34 heavy (non-hydrogen) atoms. The number of ketones is 2. The zero-order valence-corrected chi connectivity index (χ0v) is 20.8. The first-order valence-electron chi connectivity index (χ1n) is 11.1. The number of piperidine rings is 1. The first-order chi connectivity index (χ1) is 16.1. The molecule has 2 aliphatic rings. The molecule has 0 unspecified atom stereocenters. The maximum Gasteiger partial charge on any atom is 0.319 e. The fourth-order valence-electron chi connectivity index (χ4n) is 4.52. The number of fused-ring (bicyclic) bond motifs is 1. The SMILES string of the molecule is CCNC(=O)Nc1sc(C(C)=O)c(C)c1C(=O)N1CCC2(CC1)CC(=O)c1cc(Cl)ccc1O2. The summed E-state index contributed by atoms with van der Waals surface area (Å²) < 4.78 is 6.26. The first-order valence-corrected chi connectivity index (χ1v) is 12.3. The molecule has 4 rings (SSSR count). The maximum atomic E-state index is 13.5. The van der Waals surface area contributed by atoms with Crippen molar-refractivity contribution in [2.45, 2.75) is 45.6 Å². The molecule has 3 amide bonds. The van der Waals surface area contributed by atoms with E-state index in [1.165, 1.54) is 6.92 Å². The lowest BCUT2D eigenvalue weighted by Gasteiger charge is -2.44. The van der Waals surface area contributed by atoms with Gasteiger partial charge in [0.25, 0.3) is 5.91 Å². The monoisotopic (exact) mass is 503 g/mol. The molecular weight excluding hydrogens is 478 g/mol. The summed E-state index contributed by atoms with van der Waals surface area (Å²) in [7, 11) is 0. The van der Waals surface area contributed by atoms with Crippen LogP contribution in [0.3, 0.4) is 0 Å². The molecule has 0 bridgehead atoms. The number of urea groups is 1. The highest BCUT2D eigenvalue weighted by molar-refractivity contribution is 7.18. The Kier molecular flexibility index (Phi) is 6.69. The van der Waals surface area contributed by atoms with Crippen LogP contribution in [0, 0.1) is 6.92 Å². The van der Waals surface area contributed by atoms with E-state index in [4.69, 9.17) is 16.3 Å². The number of anilines is 1. The van der Waals surface area contributed by atoms with Crippen molar-refractivity contribution >= 4 is 51.4 Å². The predicted molar refractivity (Wildman–Crippen MR) is 131 cm³/mol. The van der Waals surface area contributed by atoms with Crippen molar-refractivity contribution in [1.29, 1.82) is 0 Å². The van der Waals surface area contributed by atoms with Crippen LogP contribution in [0.25, 0.3) is 0 Å². The number of nitrogens with zero attached hydrogens (tertiary/aromatic N) is 1. The molecule has 0 radical (unpaired) electrons. The van der Waals surface area contributed by atoms with Gasteiger partial charge in [0.2, 0.25) is 0 Å². The van der Waals surface area contributed by atoms with Gasteiger partial charge < -0.3 is 15.0 Å². The summed E-state index contributed by atoms with van der Waals surface area (Å²) in [5, 5.41) is 6.20. The van der Waals surface area contributed by atoms with Crippen molar-refractivity contribution in [1.82, 2.24) is 10.2 Å². The van der Waals surface area contributed by atoms with E-state index in [-0.39, 0.29) is 23.9 Å². The standard InChI is InChI=1S/C24H26ClN3O5S/c1-4-26-23(32)27-21-19(13(2)20(34-21)14(3)29)22(31)28-9-7-24(8-10-28)12-17(30)16-11-15(25)5-6-18(16)33-24/h5-6,11H,4,7-10,12H2,1-3H3,(H2,26,27,32). The first kappa shape index (κ1) is 24.2. The topological polar surface area (TPSA) is 105 Å². The number of carbonyl (C=O) groups excluding carboxylic acids is 4. The highest BCUT2D eigenvalue weighted by Gasteiger charge is 2.44. The molecule has 10 heteroatoms. The fourth-order valence-corrected chi connectivity index (χ4v) is 5.78. The summed E-state index contributed by atoms with van der Waals surface area (Å²) in [6.45, 7) is 6.17. The molecule has 1 aromatic heterocycles. The number of rotatable bonds is 4. The normalized spacial score (nSPS) is 16.6. The number of hydrogen-bond acceptors (Lipinski definition) is 6. The average molecular weight is 504 g/mol. The Bertz CT molecular complexity index is 1180. The van der Waals surface area contributed by atoms with Gasteiger partial charge in [0.05, 0.1) is 22.4 Å². The van der Waals surface area contributed by atoms with Gasteiger partial charge in [-0.25, -0.2) is 4.79 Å². The van der Waals surface area contributed by atoms with Crippen LogP contribution in [-0.4, -0.2) is 53.6 Å². The Labute approximate surface area is 206 Å². The van der Waals surface area contributed by atoms with Crippen molar-refractivity contribution < 1.29 is 23.9 Å². The minimum Gasteiger partial charge on any atom is -0.486 e. The fraction of sp³-hybridized carbons (Fsp3) is 0.417. The van der Waals surface area contributed by atoms with E-state index in [2.05, 4.69) is 10.6 Å². The molecule has 0 atom stereocenters. The highest BCUT2D eigenvalue weighted by Crippen LogP contribution is 2.41. The molecule has 3 heterocycles. The Hall–Kier alpha value is -2.91. The molecule has 1 aromatic carbocycles. The third-order valence-corrected chi connectivity index (χ3v) is 7.80. The summed E-state index contributed by atoms with van der Waals surface area (Å²) in [6.07, 6.45) is 1.22. The van der Waals surface area contributed by atoms with Crippen LogP contribution in [-0.2, 0) is 0 Å². The second kappa shape index (κ2) is 9.38. The average Bonchev–Trinajstić information content (AvgIpc) is 3.10. The van der Waals surface area contributed by atoms with Crippen LogP contribution in [0.2, 0.25) is 5.02 Å². The van der Waals surface area contributed by atoms with E-state index in [1.807, 2.05) is 0 Å². The van der Waals surface area contributed by atoms with Gasteiger partial charge in [-0.1, -0.05) is 11.6 Å². The molecule has 1 fully saturated rings. The van der Waals surface area contributed by atoms with E-state index in [0.29, 0.717) is 69.8 Å². The third-order valence-electron chi connectivity index (χ3n) is 6.26. The Morgan fingerprint density at radius 1 is 1.24 bits per heavy atom. The van der Waals surface area contributed by atoms with E-state index in [0.717, 1.165) is 11.3 Å². The zero-order valence-electron chi connectivity index (χ0n) is 19.2. The van der Waals surface area contributed by atoms with Gasteiger partial charge in [0.1, 0.15) is 16.4 Å². The quantitative estimate of drug-likeness (QED) is 0.589. The highest BCUT2D eigenvalue weighted by atomic mass is 35.5. The maximum absolute atomic E-state index is 13.5. The van der Waals surface area contributed by atoms with Crippen molar-refractivity contribution in [2.75, 3.05) is 25.0 Å². The summed E-state index contributed by atoms with van der Waals surface area (Å²) in [5.41, 5.74) is 0.719. The second-order valence-electron chi connectivity index (χ2n) is 8.62. The number of carbonyl (C=O) groups is 4. The van der Waals surface area contributed by atoms with Crippen LogP contribution >= 0.6 is 22.9 Å². The van der Waals surface area contributed by atoms with Crippen LogP contribution in [0.1, 0.15) is 69.1 Å². The van der Waals surface area contributed by atoms with Gasteiger partial charge >= 0.3 is 6.03 Å². The van der Waals surface area contributed by atoms with Gasteiger partial charge in [-0.3, -0.25) is 19.7 Å². The van der Waals surface area contributed by atoms with Gasteiger partial charge in [0.15, 0.2) is 11.6 Å². The largest absolute Gasteiger partial charge is 0.486 e. The molecule has 0 saturated carbocycles. The molecule has 8 nitrogen and oxygen atoms in total. The smallest absolute Gasteiger partial charge is 0.319 e. The molecule has 2 aromatic rings. The molecular formula is C24H26ClN3O5S. The molecule has 180 valence electrons. The summed E-state index contributed by atoms with van der Waals surface area (Å²) in [6, 6.07) is 4.60. The predicted octanol–water partition coefficient (Wildman–Crippen LogP) is 4.69. The number of thiophene rings is 1. The molecule has 1 saturated heterocycles. The van der Waals surface area contributed by atoms with Crippen molar-refractivity contribution in [2.24, 2.45) is 0 Å². The lowest BCUT2D eigenvalue weighted by atomic mass is 9.82. The van der Waals surface area contributed by atoms with Crippen molar-refractivity contribution in [3.63, 3.8) is 0 Å². The van der Waals surface area contributed by atoms with Crippen LogP contribution in [0.4, 0.5) is 9.80 Å². The molecule has 2 aliphatic heterocycles. The Morgan fingerprint density at radius 3 is 2.59 bits per heavy atom. The number of amides is 3. The van der Waals surface area contributed by atoms with E-state index < -0.39 is 11.6 Å². The lowest BCUT2D eigenvalue weighted by molar-refractivity contribution is -0.00568. The number of hydrogen-bond donors (Lipinski definition) is 2. The summed E-state index contributed by atoms with van der Waals surface area (Å²) in [4.78, 5) is 52.6. The number of halogens is 1. The van der Waals surface area contributed by atoms with Gasteiger partial charge in [-0.15, -0.1) is 11.3 Å². The van der Waals surface area contributed by atoms with Gasteiger partial charge in [-0.05, 0) is 44.5 Å². The zero-order chi connectivity index (χ0) is 24.6. The third kappa shape index (κ3) is 4.54. The van der Waals surface area contributed by atoms with Gasteiger partial charge in [-0.2, -0.15) is 0 Å². The summed E-state index contributed by atoms with van der Waals surface area (Å²) >= 11 is 7.13. The Morgan fingerprint density at radius 2 is 1.94 bits per heavy atom. The Balaban J connectivity index is 1.54. The van der Waals surface area contributed by atoms with Crippen molar-refractivity contribution in [3.8, 4) is 5.75 Å². The second-order valence-corrected chi connectivity index (χ2v) is 10.1. The molecule has 1 spiro atoms. The van der Waals surface area contributed by atoms with Crippen LogP contribution in [0.15, 0.2) is 18.2 Å². The molecule has 0 aliphatic carbocycles. The number of ether oxygens (including phenoxy) is 1. The van der Waals surface area contributed by atoms with E-state index in [9.17, 15) is 19.2 Å². The van der Waals surface area contributed by atoms with Crippen LogP contribution < -0.4 is 15.4 Å². The minimum atomic E-state index is -0.662. The lowest BCUT2D eigenvalue weighted by Crippen LogP contribution is -2.52. The number of Topliss-reactive ketones (excluding diaryl/α,β-unsaturated/α-hetero) is 2. The summed E-state index contributed by atoms with van der Waals surface area (Å²) in [5.74, 6) is 0.0913. The number of likely N-dealkylation sites (tertiary alicyclic amines) is 1. The number of nitrogens with one attached hydrogen (secondary N) is 2. The van der Waals surface area contributed by atoms with E-state index in [1.54, 1.807) is 36.9 Å². The number of benzene rings is 1. The van der Waals surface area contributed by atoms with E-state index >= 15 is 0 Å². The van der Waals surface area contributed by atoms with Crippen LogP contribution in [0.5, 0.6) is 5.75 Å². The minimum absolute atomic E-state index is 0.0169.